The summed E-state index contributed by atoms with van der Waals surface area (Å²) in [4.78, 5) is 11.6. The molecule has 2 heterocycles. The molecule has 0 radical (unpaired) electrons. The summed E-state index contributed by atoms with van der Waals surface area (Å²) in [7, 11) is -7.24. The zero-order valence-electron chi connectivity index (χ0n) is 18.7. The highest BCUT2D eigenvalue weighted by molar-refractivity contribution is 7.90. The van der Waals surface area contributed by atoms with E-state index in [1.165, 1.54) is 0 Å². The van der Waals surface area contributed by atoms with Crippen LogP contribution in [0.5, 0.6) is 0 Å². The number of carbonyl (C=O) groups excluding carboxylic acids is 1. The van der Waals surface area contributed by atoms with Crippen LogP contribution < -0.4 is 4.72 Å². The number of aliphatic hydroxyl groups is 1. The minimum Gasteiger partial charge on any atom is -0.391 e. The third kappa shape index (κ3) is 4.57. The van der Waals surface area contributed by atoms with Gasteiger partial charge in [0.05, 0.1) is 23.9 Å². The second-order valence-electron chi connectivity index (χ2n) is 10.7. The summed E-state index contributed by atoms with van der Waals surface area (Å²) in [6, 6.07) is -1.23. The van der Waals surface area contributed by atoms with Crippen LogP contribution in [0.1, 0.15) is 57.8 Å². The number of rotatable bonds is 5. The zero-order valence-corrected chi connectivity index (χ0v) is 20.3. The Bertz CT molecular complexity index is 980. The predicted molar refractivity (Wildman–Crippen MR) is 118 cm³/mol. The molecule has 9 nitrogen and oxygen atoms in total. The third-order valence-electron chi connectivity index (χ3n) is 8.56. The maximum Gasteiger partial charge on any atom is 0.304 e. The lowest BCUT2D eigenvalue weighted by molar-refractivity contribution is -0.120. The van der Waals surface area contributed by atoms with Crippen molar-refractivity contribution in [3.8, 4) is 0 Å². The monoisotopic (exact) mass is 507 g/mol. The molecule has 0 bridgehead atoms. The van der Waals surface area contributed by atoms with Crippen LogP contribution in [-0.2, 0) is 25.0 Å². The van der Waals surface area contributed by atoms with E-state index in [0.29, 0.717) is 37.8 Å². The van der Waals surface area contributed by atoms with Crippen molar-refractivity contribution >= 4 is 26.1 Å². The number of alkyl halides is 1. The molecule has 0 spiro atoms. The number of sulfonamides is 1. The van der Waals surface area contributed by atoms with Crippen LogP contribution in [-0.4, -0.2) is 79.7 Å². The van der Waals surface area contributed by atoms with Crippen molar-refractivity contribution in [2.75, 3.05) is 19.6 Å². The molecule has 2 saturated heterocycles. The van der Waals surface area contributed by atoms with Gasteiger partial charge in [-0.3, -0.25) is 4.79 Å². The molecule has 6 atom stereocenters. The second-order valence-corrected chi connectivity index (χ2v) is 14.6. The van der Waals surface area contributed by atoms with Gasteiger partial charge < -0.3 is 5.11 Å². The fourth-order valence-electron chi connectivity index (χ4n) is 6.70. The number of piperidine rings is 1. The number of halogens is 1. The Kier molecular flexibility index (Phi) is 6.29. The van der Waals surface area contributed by atoms with Gasteiger partial charge in [-0.1, -0.05) is 6.42 Å². The smallest absolute Gasteiger partial charge is 0.304 e. The summed E-state index contributed by atoms with van der Waals surface area (Å²) in [6.45, 7) is 0.680. The van der Waals surface area contributed by atoms with Crippen molar-refractivity contribution in [3.05, 3.63) is 0 Å². The van der Waals surface area contributed by atoms with Gasteiger partial charge in [0, 0.05) is 13.1 Å². The van der Waals surface area contributed by atoms with Gasteiger partial charge in [-0.05, 0) is 75.0 Å². The lowest BCUT2D eigenvalue weighted by atomic mass is 9.63. The van der Waals surface area contributed by atoms with Crippen LogP contribution in [0, 0.1) is 23.7 Å². The highest BCUT2D eigenvalue weighted by atomic mass is 32.2. The van der Waals surface area contributed by atoms with Crippen LogP contribution in [0.15, 0.2) is 0 Å². The molecule has 2 N–H and O–H groups in total. The molecule has 2 aliphatic heterocycles. The molecular weight excluding hydrogens is 473 g/mol. The summed E-state index contributed by atoms with van der Waals surface area (Å²) in [5.74, 6) is -0.290. The molecule has 5 rings (SSSR count). The lowest BCUT2D eigenvalue weighted by Crippen LogP contribution is -2.58. The molecule has 0 aromatic heterocycles. The molecule has 6 unspecified atom stereocenters. The fraction of sp³-hybridized carbons (Fsp3) is 0.952. The fourth-order valence-corrected chi connectivity index (χ4v) is 9.90. The minimum atomic E-state index is -4.11. The van der Waals surface area contributed by atoms with E-state index in [4.69, 9.17) is 0 Å². The number of nitrogens with zero attached hydrogens (tertiary/aromatic N) is 2. The van der Waals surface area contributed by atoms with Crippen LogP contribution in [0.3, 0.4) is 0 Å². The molecule has 0 aromatic carbocycles. The first-order chi connectivity index (χ1) is 15.6. The van der Waals surface area contributed by atoms with Gasteiger partial charge in [0.1, 0.15) is 6.17 Å². The van der Waals surface area contributed by atoms with E-state index in [0.717, 1.165) is 49.3 Å². The van der Waals surface area contributed by atoms with Gasteiger partial charge in [0.15, 0.2) is 0 Å². The number of hydrogen-bond donors (Lipinski definition) is 2. The first-order valence-electron chi connectivity index (χ1n) is 12.2. The van der Waals surface area contributed by atoms with Gasteiger partial charge in [-0.15, -0.1) is 0 Å². The SMILES string of the molecule is O=C1CN(C2C(O)CC3CCC(CC4CCN(S(=O)(=O)C5CC5)CC4)CC3C2F)S(=O)(=O)N1. The highest BCUT2D eigenvalue weighted by Crippen LogP contribution is 2.48. The van der Waals surface area contributed by atoms with Crippen molar-refractivity contribution < 1.29 is 31.1 Å². The standard InChI is InChI=1S/C21H34FN3O6S2/c22-20-17-10-14(9-13-5-7-24(8-6-13)32(28,29)16-3-4-16)1-2-15(17)11-18(26)21(20)25-12-19(27)23-33(25,30)31/h13-18,20-21,26H,1-12H2,(H,23,27). The average Bonchev–Trinajstić information content (AvgIpc) is 3.56. The first kappa shape index (κ1) is 23.9. The summed E-state index contributed by atoms with van der Waals surface area (Å²) in [5.41, 5.74) is 0. The molecule has 3 saturated carbocycles. The van der Waals surface area contributed by atoms with E-state index in [1.807, 2.05) is 4.72 Å². The van der Waals surface area contributed by atoms with Gasteiger partial charge in [-0.25, -0.2) is 21.8 Å². The van der Waals surface area contributed by atoms with Gasteiger partial charge in [-0.2, -0.15) is 12.7 Å². The number of fused-ring (bicyclic) bond motifs is 1. The number of nitrogens with one attached hydrogen (secondary N) is 1. The molecular formula is C21H34FN3O6S2. The van der Waals surface area contributed by atoms with Crippen molar-refractivity contribution in [2.24, 2.45) is 23.7 Å². The first-order valence-corrected chi connectivity index (χ1v) is 15.1. The molecule has 12 heteroatoms. The number of carbonyl (C=O) groups is 1. The maximum atomic E-state index is 15.7. The molecule has 1 amide bonds. The summed E-state index contributed by atoms with van der Waals surface area (Å²) < 4.78 is 69.5. The van der Waals surface area contributed by atoms with Crippen molar-refractivity contribution in [1.82, 2.24) is 13.3 Å². The molecule has 33 heavy (non-hydrogen) atoms. The van der Waals surface area contributed by atoms with Crippen LogP contribution in [0.4, 0.5) is 4.39 Å². The van der Waals surface area contributed by atoms with E-state index in [-0.39, 0.29) is 17.1 Å². The van der Waals surface area contributed by atoms with Crippen LogP contribution in [0.25, 0.3) is 0 Å². The largest absolute Gasteiger partial charge is 0.391 e. The van der Waals surface area contributed by atoms with Gasteiger partial charge >= 0.3 is 10.2 Å². The highest BCUT2D eigenvalue weighted by Gasteiger charge is 2.53. The molecule has 188 valence electrons. The molecule has 5 aliphatic rings. The van der Waals surface area contributed by atoms with E-state index in [2.05, 4.69) is 0 Å². The normalized spacial score (nSPS) is 41.0. The third-order valence-corrected chi connectivity index (χ3v) is 12.4. The Hall–Kier alpha value is -0.820. The van der Waals surface area contributed by atoms with Crippen molar-refractivity contribution in [3.63, 3.8) is 0 Å². The number of hydrogen-bond acceptors (Lipinski definition) is 6. The second kappa shape index (κ2) is 8.69. The number of aliphatic hydroxyl groups excluding tert-OH is 1. The van der Waals surface area contributed by atoms with Crippen molar-refractivity contribution in [2.45, 2.75) is 81.4 Å². The zero-order chi connectivity index (χ0) is 23.5. The van der Waals surface area contributed by atoms with Crippen LogP contribution in [0.2, 0.25) is 0 Å². The minimum absolute atomic E-state index is 0.0157. The molecule has 0 aromatic rings. The molecule has 5 fully saturated rings. The Morgan fingerprint density at radius 2 is 1.73 bits per heavy atom. The Labute approximate surface area is 195 Å². The van der Waals surface area contributed by atoms with E-state index in [1.54, 1.807) is 4.31 Å². The van der Waals surface area contributed by atoms with Gasteiger partial charge in [0.25, 0.3) is 0 Å². The van der Waals surface area contributed by atoms with Crippen molar-refractivity contribution in [1.29, 1.82) is 0 Å². The predicted octanol–water partition coefficient (Wildman–Crippen LogP) is 0.761. The van der Waals surface area contributed by atoms with E-state index >= 15 is 4.39 Å². The van der Waals surface area contributed by atoms with Crippen LogP contribution >= 0.6 is 0 Å². The Morgan fingerprint density at radius 1 is 1.03 bits per heavy atom. The number of amides is 1. The molecule has 3 aliphatic carbocycles. The average molecular weight is 508 g/mol. The summed E-state index contributed by atoms with van der Waals surface area (Å²) in [6.07, 6.45) is 4.24. The summed E-state index contributed by atoms with van der Waals surface area (Å²) >= 11 is 0. The maximum absolute atomic E-state index is 15.7. The van der Waals surface area contributed by atoms with Gasteiger partial charge in [0.2, 0.25) is 15.9 Å². The van der Waals surface area contributed by atoms with E-state index < -0.39 is 51.0 Å². The Morgan fingerprint density at radius 3 is 2.33 bits per heavy atom. The summed E-state index contributed by atoms with van der Waals surface area (Å²) in [5, 5.41) is 10.4. The topological polar surface area (TPSA) is 124 Å². The lowest BCUT2D eigenvalue weighted by Gasteiger charge is -2.48. The van der Waals surface area contributed by atoms with E-state index in [9.17, 15) is 26.7 Å². The quantitative estimate of drug-likeness (QED) is 0.566. The Balaban J connectivity index is 1.19.